The molecule has 2 N–H and O–H groups in total. The van der Waals surface area contributed by atoms with Crippen molar-refractivity contribution in [1.29, 1.82) is 0 Å². The Balaban J connectivity index is 1.76. The molecule has 0 amide bonds. The summed E-state index contributed by atoms with van der Waals surface area (Å²) in [6.07, 6.45) is -0.494. The molecule has 1 aromatic rings. The standard InChI is InChI=1S/C16H26N2O3/c1-13(2)17-11-15(19)12-21-16-5-3-14(4-6-16)18-7-9-20-10-8-18/h3-6,13,15,17,19H,7-12H2,1-2H3/t15-/m1/s1. The third-order valence-electron chi connectivity index (χ3n) is 3.42. The molecule has 1 aliphatic heterocycles. The van der Waals surface area contributed by atoms with Crippen molar-refractivity contribution in [2.24, 2.45) is 0 Å². The number of hydrogen-bond acceptors (Lipinski definition) is 5. The first kappa shape index (κ1) is 16.1. The van der Waals surface area contributed by atoms with Crippen LogP contribution in [0.25, 0.3) is 0 Å². The van der Waals surface area contributed by atoms with Crippen LogP contribution in [-0.4, -0.2) is 56.7 Å². The maximum Gasteiger partial charge on any atom is 0.119 e. The molecule has 0 bridgehead atoms. The maximum atomic E-state index is 9.81. The van der Waals surface area contributed by atoms with E-state index in [9.17, 15) is 5.11 Å². The van der Waals surface area contributed by atoms with Crippen LogP contribution in [0.5, 0.6) is 5.75 Å². The Hall–Kier alpha value is -1.30. The first-order valence-electron chi connectivity index (χ1n) is 7.62. The Bertz CT molecular complexity index is 402. The van der Waals surface area contributed by atoms with Crippen molar-refractivity contribution < 1.29 is 14.6 Å². The normalized spacial score (nSPS) is 17.0. The van der Waals surface area contributed by atoms with Gasteiger partial charge in [-0.1, -0.05) is 13.8 Å². The number of ether oxygens (including phenoxy) is 2. The summed E-state index contributed by atoms with van der Waals surface area (Å²) in [7, 11) is 0. The minimum atomic E-state index is -0.494. The zero-order valence-electron chi connectivity index (χ0n) is 12.9. The Morgan fingerprint density at radius 2 is 1.90 bits per heavy atom. The monoisotopic (exact) mass is 294 g/mol. The van der Waals surface area contributed by atoms with Crippen LogP contribution in [0.1, 0.15) is 13.8 Å². The number of morpholine rings is 1. The zero-order chi connectivity index (χ0) is 15.1. The molecule has 1 aromatic carbocycles. The fourth-order valence-electron chi connectivity index (χ4n) is 2.20. The van der Waals surface area contributed by atoms with Gasteiger partial charge in [0.2, 0.25) is 0 Å². The third kappa shape index (κ3) is 5.53. The van der Waals surface area contributed by atoms with Crippen LogP contribution in [0.2, 0.25) is 0 Å². The molecule has 118 valence electrons. The molecular formula is C16H26N2O3. The fraction of sp³-hybridized carbons (Fsp3) is 0.625. The summed E-state index contributed by atoms with van der Waals surface area (Å²) in [5.41, 5.74) is 1.19. The van der Waals surface area contributed by atoms with Crippen molar-refractivity contribution in [2.75, 3.05) is 44.4 Å². The Kier molecular flexibility index (Phi) is 6.29. The molecule has 5 nitrogen and oxygen atoms in total. The molecule has 21 heavy (non-hydrogen) atoms. The molecule has 1 fully saturated rings. The van der Waals surface area contributed by atoms with Crippen LogP contribution in [0, 0.1) is 0 Å². The summed E-state index contributed by atoms with van der Waals surface area (Å²) in [5.74, 6) is 0.788. The number of hydrogen-bond donors (Lipinski definition) is 2. The van der Waals surface area contributed by atoms with E-state index in [1.54, 1.807) is 0 Å². The van der Waals surface area contributed by atoms with E-state index >= 15 is 0 Å². The predicted molar refractivity (Wildman–Crippen MR) is 84.1 cm³/mol. The second-order valence-corrected chi connectivity index (χ2v) is 5.62. The van der Waals surface area contributed by atoms with E-state index in [-0.39, 0.29) is 0 Å². The summed E-state index contributed by atoms with van der Waals surface area (Å²) < 4.78 is 11.0. The predicted octanol–water partition coefficient (Wildman–Crippen LogP) is 1.26. The average Bonchev–Trinajstić information content (AvgIpc) is 2.52. The number of aliphatic hydroxyl groups excluding tert-OH is 1. The van der Waals surface area contributed by atoms with Gasteiger partial charge in [-0.3, -0.25) is 0 Å². The highest BCUT2D eigenvalue weighted by Crippen LogP contribution is 2.20. The summed E-state index contributed by atoms with van der Waals surface area (Å²) in [4.78, 5) is 2.30. The molecule has 0 aliphatic carbocycles. The van der Waals surface area contributed by atoms with E-state index in [0.717, 1.165) is 32.1 Å². The van der Waals surface area contributed by atoms with Gasteiger partial charge in [0.05, 0.1) is 13.2 Å². The van der Waals surface area contributed by atoms with Crippen LogP contribution >= 0.6 is 0 Å². The van der Waals surface area contributed by atoms with E-state index in [1.807, 2.05) is 12.1 Å². The lowest BCUT2D eigenvalue weighted by Gasteiger charge is -2.28. The largest absolute Gasteiger partial charge is 0.491 e. The third-order valence-corrected chi connectivity index (χ3v) is 3.42. The molecule has 0 unspecified atom stereocenters. The van der Waals surface area contributed by atoms with Crippen LogP contribution in [0.4, 0.5) is 5.69 Å². The van der Waals surface area contributed by atoms with Gasteiger partial charge in [0.15, 0.2) is 0 Å². The van der Waals surface area contributed by atoms with E-state index in [2.05, 4.69) is 36.2 Å². The van der Waals surface area contributed by atoms with Crippen molar-refractivity contribution in [2.45, 2.75) is 26.0 Å². The SMILES string of the molecule is CC(C)NC[C@@H](O)COc1ccc(N2CCOCC2)cc1. The van der Waals surface area contributed by atoms with Crippen molar-refractivity contribution in [3.63, 3.8) is 0 Å². The summed E-state index contributed by atoms with van der Waals surface area (Å²) in [6, 6.07) is 8.38. The van der Waals surface area contributed by atoms with Gasteiger partial charge in [0.1, 0.15) is 18.5 Å². The highest BCUT2D eigenvalue weighted by molar-refractivity contribution is 5.49. The van der Waals surface area contributed by atoms with E-state index in [1.165, 1.54) is 5.69 Å². The number of aliphatic hydroxyl groups is 1. The molecule has 2 rings (SSSR count). The minimum Gasteiger partial charge on any atom is -0.491 e. The second-order valence-electron chi connectivity index (χ2n) is 5.62. The first-order chi connectivity index (χ1) is 10.1. The van der Waals surface area contributed by atoms with Crippen LogP contribution < -0.4 is 15.0 Å². The Morgan fingerprint density at radius 3 is 2.52 bits per heavy atom. The number of nitrogens with one attached hydrogen (secondary N) is 1. The Labute approximate surface area is 126 Å². The molecular weight excluding hydrogens is 268 g/mol. The first-order valence-corrected chi connectivity index (χ1v) is 7.62. The summed E-state index contributed by atoms with van der Waals surface area (Å²) >= 11 is 0. The average molecular weight is 294 g/mol. The van der Waals surface area contributed by atoms with Crippen molar-refractivity contribution in [3.8, 4) is 5.75 Å². The van der Waals surface area contributed by atoms with Crippen molar-refractivity contribution >= 4 is 5.69 Å². The zero-order valence-corrected chi connectivity index (χ0v) is 12.9. The molecule has 1 saturated heterocycles. The number of rotatable bonds is 7. The number of benzene rings is 1. The Morgan fingerprint density at radius 1 is 1.24 bits per heavy atom. The molecule has 0 aromatic heterocycles. The lowest BCUT2D eigenvalue weighted by molar-refractivity contribution is 0.104. The van der Waals surface area contributed by atoms with Crippen molar-refractivity contribution in [3.05, 3.63) is 24.3 Å². The van der Waals surface area contributed by atoms with Gasteiger partial charge in [-0.25, -0.2) is 0 Å². The van der Waals surface area contributed by atoms with Crippen LogP contribution in [0.3, 0.4) is 0 Å². The number of anilines is 1. The van der Waals surface area contributed by atoms with Gasteiger partial charge >= 0.3 is 0 Å². The van der Waals surface area contributed by atoms with Gasteiger partial charge in [-0.15, -0.1) is 0 Å². The summed E-state index contributed by atoms with van der Waals surface area (Å²) in [6.45, 7) is 8.39. The highest BCUT2D eigenvalue weighted by atomic mass is 16.5. The molecule has 5 heteroatoms. The van der Waals surface area contributed by atoms with Gasteiger partial charge in [0.25, 0.3) is 0 Å². The lowest BCUT2D eigenvalue weighted by Crippen LogP contribution is -2.36. The van der Waals surface area contributed by atoms with Crippen molar-refractivity contribution in [1.82, 2.24) is 5.32 Å². The molecule has 1 aliphatic rings. The molecule has 0 spiro atoms. The van der Waals surface area contributed by atoms with E-state index < -0.39 is 6.10 Å². The lowest BCUT2D eigenvalue weighted by atomic mass is 10.2. The van der Waals surface area contributed by atoms with E-state index in [0.29, 0.717) is 19.2 Å². The minimum absolute atomic E-state index is 0.302. The van der Waals surface area contributed by atoms with Gasteiger partial charge in [0, 0.05) is 31.4 Å². The topological polar surface area (TPSA) is 54.0 Å². The second kappa shape index (κ2) is 8.22. The molecule has 0 saturated carbocycles. The fourth-order valence-corrected chi connectivity index (χ4v) is 2.20. The van der Waals surface area contributed by atoms with Crippen LogP contribution in [0.15, 0.2) is 24.3 Å². The smallest absolute Gasteiger partial charge is 0.119 e. The molecule has 1 heterocycles. The van der Waals surface area contributed by atoms with Crippen LogP contribution in [-0.2, 0) is 4.74 Å². The summed E-state index contributed by atoms with van der Waals surface area (Å²) in [5, 5.41) is 13.0. The van der Waals surface area contributed by atoms with Gasteiger partial charge in [-0.2, -0.15) is 0 Å². The highest BCUT2D eigenvalue weighted by Gasteiger charge is 2.11. The molecule has 0 radical (unpaired) electrons. The maximum absolute atomic E-state index is 9.81. The van der Waals surface area contributed by atoms with E-state index in [4.69, 9.17) is 9.47 Å². The number of nitrogens with zero attached hydrogens (tertiary/aromatic N) is 1. The van der Waals surface area contributed by atoms with Gasteiger partial charge < -0.3 is 24.8 Å². The molecule has 1 atom stereocenters. The quantitative estimate of drug-likeness (QED) is 0.793. The van der Waals surface area contributed by atoms with Gasteiger partial charge in [-0.05, 0) is 24.3 Å².